The Labute approximate surface area is 107 Å². The molecule has 0 aromatic heterocycles. The van der Waals surface area contributed by atoms with Crippen molar-refractivity contribution in [2.75, 3.05) is 10.8 Å². The third-order valence-corrected chi connectivity index (χ3v) is 4.68. The molecule has 1 N–H and O–H groups in total. The number of hydrogen-bond donors (Lipinski definition) is 1. The van der Waals surface area contributed by atoms with E-state index in [0.717, 1.165) is 4.31 Å². The molecule has 0 unspecified atom stereocenters. The Morgan fingerprint density at radius 2 is 1.83 bits per heavy atom. The van der Waals surface area contributed by atoms with Crippen molar-refractivity contribution >= 4 is 21.7 Å². The molecule has 0 aliphatic heterocycles. The van der Waals surface area contributed by atoms with E-state index in [1.807, 2.05) is 0 Å². The Bertz CT molecular complexity index is 496. The average Bonchev–Trinajstić information content (AvgIpc) is 2.29. The lowest BCUT2D eigenvalue weighted by atomic mass is 10.3. The van der Waals surface area contributed by atoms with Crippen molar-refractivity contribution in [2.24, 2.45) is 0 Å². The molecule has 5 nitrogen and oxygen atoms in total. The first-order chi connectivity index (χ1) is 8.35. The topological polar surface area (TPSA) is 74.7 Å². The molecule has 1 aromatic carbocycles. The number of nitrogens with zero attached hydrogens (tertiary/aromatic N) is 1. The fourth-order valence-corrected chi connectivity index (χ4v) is 2.72. The molecule has 100 valence electrons. The number of benzene rings is 1. The van der Waals surface area contributed by atoms with Crippen LogP contribution in [0.2, 0.25) is 0 Å². The summed E-state index contributed by atoms with van der Waals surface area (Å²) in [6.07, 6.45) is -0.221. The minimum absolute atomic E-state index is 0.0557. The Morgan fingerprint density at radius 3 is 2.28 bits per heavy atom. The van der Waals surface area contributed by atoms with Crippen molar-refractivity contribution in [1.82, 2.24) is 0 Å². The largest absolute Gasteiger partial charge is 0.481 e. The van der Waals surface area contributed by atoms with Crippen LogP contribution in [0.5, 0.6) is 0 Å². The number of carboxylic acids is 1. The van der Waals surface area contributed by atoms with Gasteiger partial charge in [-0.15, -0.1) is 0 Å². The molecule has 0 atom stereocenters. The van der Waals surface area contributed by atoms with E-state index >= 15 is 0 Å². The normalized spacial score (nSPS) is 11.5. The molecular weight excluding hydrogens is 254 g/mol. The van der Waals surface area contributed by atoms with Gasteiger partial charge in [0, 0.05) is 6.54 Å². The molecule has 0 amide bonds. The van der Waals surface area contributed by atoms with Crippen LogP contribution >= 0.6 is 0 Å². The van der Waals surface area contributed by atoms with Crippen LogP contribution in [0, 0.1) is 0 Å². The highest BCUT2D eigenvalue weighted by Crippen LogP contribution is 2.20. The quantitative estimate of drug-likeness (QED) is 0.854. The van der Waals surface area contributed by atoms with Crippen LogP contribution in [0.15, 0.2) is 30.3 Å². The van der Waals surface area contributed by atoms with Gasteiger partial charge in [-0.2, -0.15) is 0 Å². The summed E-state index contributed by atoms with van der Waals surface area (Å²) < 4.78 is 25.5. The summed E-state index contributed by atoms with van der Waals surface area (Å²) in [5.41, 5.74) is 0.493. The minimum Gasteiger partial charge on any atom is -0.481 e. The zero-order chi connectivity index (χ0) is 13.8. The van der Waals surface area contributed by atoms with E-state index in [1.165, 1.54) is 0 Å². The average molecular weight is 271 g/mol. The SMILES string of the molecule is CC(C)S(=O)(=O)N(CCC(=O)O)c1ccccc1. The molecule has 6 heteroatoms. The van der Waals surface area contributed by atoms with Crippen LogP contribution in [0.3, 0.4) is 0 Å². The maximum Gasteiger partial charge on any atom is 0.305 e. The minimum atomic E-state index is -3.52. The Hall–Kier alpha value is -1.56. The number of anilines is 1. The molecule has 18 heavy (non-hydrogen) atoms. The summed E-state index contributed by atoms with van der Waals surface area (Å²) >= 11 is 0. The van der Waals surface area contributed by atoms with Crippen LogP contribution < -0.4 is 4.31 Å². The van der Waals surface area contributed by atoms with Crippen molar-refractivity contribution in [2.45, 2.75) is 25.5 Å². The predicted molar refractivity (Wildman–Crippen MR) is 70.1 cm³/mol. The molecule has 0 spiro atoms. The number of carbonyl (C=O) groups is 1. The highest BCUT2D eigenvalue weighted by molar-refractivity contribution is 7.93. The fourth-order valence-electron chi connectivity index (χ4n) is 1.45. The van der Waals surface area contributed by atoms with Gasteiger partial charge in [0.2, 0.25) is 10.0 Å². The second-order valence-corrected chi connectivity index (χ2v) is 6.56. The van der Waals surface area contributed by atoms with Crippen molar-refractivity contribution in [3.63, 3.8) is 0 Å². The molecule has 1 rings (SSSR count). The van der Waals surface area contributed by atoms with Gasteiger partial charge < -0.3 is 5.11 Å². The van der Waals surface area contributed by atoms with E-state index in [0.29, 0.717) is 5.69 Å². The molecule has 0 saturated heterocycles. The predicted octanol–water partition coefficient (Wildman–Crippen LogP) is 1.71. The number of aliphatic carboxylic acids is 1. The van der Waals surface area contributed by atoms with Crippen molar-refractivity contribution in [1.29, 1.82) is 0 Å². The van der Waals surface area contributed by atoms with Crippen molar-refractivity contribution in [3.05, 3.63) is 30.3 Å². The summed E-state index contributed by atoms with van der Waals surface area (Å²) in [5, 5.41) is 8.10. The molecule has 0 heterocycles. The van der Waals surface area contributed by atoms with Gasteiger partial charge in [-0.05, 0) is 26.0 Å². The number of rotatable bonds is 6. The van der Waals surface area contributed by atoms with Gasteiger partial charge in [-0.1, -0.05) is 18.2 Å². The number of hydrogen-bond acceptors (Lipinski definition) is 3. The third-order valence-electron chi connectivity index (χ3n) is 2.48. The molecule has 0 aliphatic carbocycles. The lowest BCUT2D eigenvalue weighted by molar-refractivity contribution is -0.136. The first kappa shape index (κ1) is 14.5. The number of para-hydroxylation sites is 1. The lowest BCUT2D eigenvalue weighted by Gasteiger charge is -2.25. The van der Waals surface area contributed by atoms with E-state index in [2.05, 4.69) is 0 Å². The van der Waals surface area contributed by atoms with Gasteiger partial charge in [0.15, 0.2) is 0 Å². The van der Waals surface area contributed by atoms with Crippen LogP contribution in [-0.4, -0.2) is 31.3 Å². The van der Waals surface area contributed by atoms with Gasteiger partial charge in [0.25, 0.3) is 0 Å². The van der Waals surface area contributed by atoms with E-state index in [1.54, 1.807) is 44.2 Å². The third kappa shape index (κ3) is 3.46. The van der Waals surface area contributed by atoms with E-state index < -0.39 is 21.2 Å². The molecule has 0 bridgehead atoms. The maximum absolute atomic E-state index is 12.2. The fraction of sp³-hybridized carbons (Fsp3) is 0.417. The zero-order valence-corrected chi connectivity index (χ0v) is 11.2. The monoisotopic (exact) mass is 271 g/mol. The van der Waals surface area contributed by atoms with E-state index in [4.69, 9.17) is 5.11 Å². The summed E-state index contributed by atoms with van der Waals surface area (Å²) in [6.45, 7) is 3.10. The molecule has 0 fully saturated rings. The Kier molecular flexibility index (Phi) is 4.72. The van der Waals surface area contributed by atoms with E-state index in [-0.39, 0.29) is 13.0 Å². The maximum atomic E-state index is 12.2. The van der Waals surface area contributed by atoms with Gasteiger partial charge in [-0.3, -0.25) is 9.10 Å². The summed E-state index contributed by atoms with van der Waals surface area (Å²) in [6, 6.07) is 8.53. The smallest absolute Gasteiger partial charge is 0.305 e. The standard InChI is InChI=1S/C12H17NO4S/c1-10(2)18(16,17)13(9-8-12(14)15)11-6-4-3-5-7-11/h3-7,10H,8-9H2,1-2H3,(H,14,15). The summed E-state index contributed by atoms with van der Waals surface area (Å²) in [5.74, 6) is -1.02. The number of carboxylic acid groups (broad SMARTS) is 1. The van der Waals surface area contributed by atoms with Crippen LogP contribution in [0.4, 0.5) is 5.69 Å². The Balaban J connectivity index is 3.07. The van der Waals surface area contributed by atoms with Crippen molar-refractivity contribution in [3.8, 4) is 0 Å². The highest BCUT2D eigenvalue weighted by atomic mass is 32.2. The van der Waals surface area contributed by atoms with Crippen molar-refractivity contribution < 1.29 is 18.3 Å². The van der Waals surface area contributed by atoms with Gasteiger partial charge in [-0.25, -0.2) is 8.42 Å². The second-order valence-electron chi connectivity index (χ2n) is 4.15. The molecule has 0 aliphatic rings. The lowest BCUT2D eigenvalue weighted by Crippen LogP contribution is -2.37. The van der Waals surface area contributed by atoms with E-state index in [9.17, 15) is 13.2 Å². The van der Waals surface area contributed by atoms with Gasteiger partial charge in [0.1, 0.15) is 0 Å². The first-order valence-electron chi connectivity index (χ1n) is 5.64. The van der Waals surface area contributed by atoms with Gasteiger partial charge >= 0.3 is 5.97 Å². The second kappa shape index (κ2) is 5.86. The molecular formula is C12H17NO4S. The molecule has 0 radical (unpaired) electrons. The van der Waals surface area contributed by atoms with Crippen LogP contribution in [0.1, 0.15) is 20.3 Å². The zero-order valence-electron chi connectivity index (χ0n) is 10.4. The highest BCUT2D eigenvalue weighted by Gasteiger charge is 2.26. The first-order valence-corrected chi connectivity index (χ1v) is 7.14. The van der Waals surface area contributed by atoms with Crippen LogP contribution in [-0.2, 0) is 14.8 Å². The summed E-state index contributed by atoms with van der Waals surface area (Å²) in [4.78, 5) is 10.6. The summed E-state index contributed by atoms with van der Waals surface area (Å²) in [7, 11) is -3.52. The van der Waals surface area contributed by atoms with Crippen LogP contribution in [0.25, 0.3) is 0 Å². The molecule has 0 saturated carbocycles. The Morgan fingerprint density at radius 1 is 1.28 bits per heavy atom. The number of sulfonamides is 1. The molecule has 1 aromatic rings. The van der Waals surface area contributed by atoms with Gasteiger partial charge in [0.05, 0.1) is 17.4 Å².